The lowest BCUT2D eigenvalue weighted by molar-refractivity contribution is 0.0934. The van der Waals surface area contributed by atoms with E-state index in [-0.39, 0.29) is 6.10 Å². The number of thioether (sulfide) groups is 1. The molecule has 0 saturated carbocycles. The molecule has 1 unspecified atom stereocenters. The number of hydrogen-bond acceptors (Lipinski definition) is 6. The second-order valence-corrected chi connectivity index (χ2v) is 10.0. The first kappa shape index (κ1) is 23.8. The van der Waals surface area contributed by atoms with Gasteiger partial charge in [0, 0.05) is 37.0 Å². The highest BCUT2D eigenvalue weighted by atomic mass is 32.2. The molecule has 1 aliphatic rings. The minimum absolute atomic E-state index is 0.231. The van der Waals surface area contributed by atoms with Gasteiger partial charge in [0.1, 0.15) is 11.6 Å². The lowest BCUT2D eigenvalue weighted by atomic mass is 10.1. The molecule has 7 nitrogen and oxygen atoms in total. The summed E-state index contributed by atoms with van der Waals surface area (Å²) in [5.74, 6) is 2.78. The maximum atomic E-state index is 5.96. The molecule has 1 fully saturated rings. The van der Waals surface area contributed by atoms with E-state index in [1.807, 2.05) is 24.4 Å². The molecule has 0 N–H and O–H groups in total. The Balaban J connectivity index is 1.31. The van der Waals surface area contributed by atoms with Crippen molar-refractivity contribution in [3.63, 3.8) is 0 Å². The highest BCUT2D eigenvalue weighted by Crippen LogP contribution is 2.26. The van der Waals surface area contributed by atoms with Crippen molar-refractivity contribution in [1.29, 1.82) is 0 Å². The van der Waals surface area contributed by atoms with Gasteiger partial charge in [-0.2, -0.15) is 0 Å². The number of rotatable bonds is 10. The first-order valence-corrected chi connectivity index (χ1v) is 13.1. The predicted octanol–water partition coefficient (Wildman–Crippen LogP) is 4.88. The van der Waals surface area contributed by atoms with Gasteiger partial charge in [-0.15, -0.1) is 10.2 Å². The van der Waals surface area contributed by atoms with Gasteiger partial charge in [0.2, 0.25) is 0 Å². The zero-order chi connectivity index (χ0) is 24.0. The summed E-state index contributed by atoms with van der Waals surface area (Å²) < 4.78 is 10.4. The highest BCUT2D eigenvalue weighted by Gasteiger charge is 2.22. The van der Waals surface area contributed by atoms with E-state index in [1.54, 1.807) is 11.8 Å². The maximum absolute atomic E-state index is 5.96. The summed E-state index contributed by atoms with van der Waals surface area (Å²) in [6.07, 6.45) is 6.33. The number of benzene rings is 1. The van der Waals surface area contributed by atoms with Crippen LogP contribution in [0.3, 0.4) is 0 Å². The van der Waals surface area contributed by atoms with E-state index in [9.17, 15) is 0 Å². The Morgan fingerprint density at radius 2 is 1.94 bits per heavy atom. The molecule has 0 radical (unpaired) electrons. The fourth-order valence-electron chi connectivity index (χ4n) is 4.47. The number of hydrogen-bond donors (Lipinski definition) is 0. The third-order valence-electron chi connectivity index (χ3n) is 6.39. The fourth-order valence-corrected chi connectivity index (χ4v) is 5.51. The number of ether oxygens (including phenoxy) is 1. The molecule has 4 aromatic rings. The smallest absolute Gasteiger partial charge is 0.191 e. The van der Waals surface area contributed by atoms with Crippen LogP contribution in [0.5, 0.6) is 0 Å². The molecular formula is C27H32N6OS. The van der Waals surface area contributed by atoms with E-state index in [2.05, 4.69) is 85.8 Å². The van der Waals surface area contributed by atoms with Gasteiger partial charge in [0.05, 0.1) is 19.2 Å². The SMILES string of the molecule is Cc1ccccc1CSc1nnc(CN(C)Cc2cccn2-c2ccccn2)n1CC1CCCO1. The molecule has 1 aliphatic heterocycles. The van der Waals surface area contributed by atoms with Crippen LogP contribution in [0.1, 0.15) is 35.5 Å². The molecule has 8 heteroatoms. The van der Waals surface area contributed by atoms with Gasteiger partial charge < -0.3 is 13.9 Å². The van der Waals surface area contributed by atoms with E-state index < -0.39 is 0 Å². The van der Waals surface area contributed by atoms with E-state index in [4.69, 9.17) is 4.74 Å². The van der Waals surface area contributed by atoms with Gasteiger partial charge in [-0.05, 0) is 62.2 Å². The summed E-state index contributed by atoms with van der Waals surface area (Å²) in [5, 5.41) is 10.2. The second-order valence-electron chi connectivity index (χ2n) is 9.09. The van der Waals surface area contributed by atoms with Crippen LogP contribution >= 0.6 is 11.8 Å². The summed E-state index contributed by atoms with van der Waals surface area (Å²) >= 11 is 1.75. The van der Waals surface area contributed by atoms with Gasteiger partial charge in [-0.25, -0.2) is 4.98 Å². The third kappa shape index (κ3) is 5.83. The zero-order valence-electron chi connectivity index (χ0n) is 20.4. The Labute approximate surface area is 211 Å². The number of aromatic nitrogens is 5. The fraction of sp³-hybridized carbons (Fsp3) is 0.370. The zero-order valence-corrected chi connectivity index (χ0v) is 21.2. The van der Waals surface area contributed by atoms with Crippen LogP contribution in [-0.2, 0) is 30.1 Å². The summed E-state index contributed by atoms with van der Waals surface area (Å²) in [4.78, 5) is 6.78. The molecule has 4 heterocycles. The molecule has 3 aromatic heterocycles. The molecule has 182 valence electrons. The Kier molecular flexibility index (Phi) is 7.61. The van der Waals surface area contributed by atoms with Gasteiger partial charge in [0.25, 0.3) is 0 Å². The molecule has 0 aliphatic carbocycles. The highest BCUT2D eigenvalue weighted by molar-refractivity contribution is 7.98. The first-order valence-electron chi connectivity index (χ1n) is 12.1. The van der Waals surface area contributed by atoms with Gasteiger partial charge in [-0.1, -0.05) is 42.1 Å². The Hall–Kier alpha value is -2.94. The lowest BCUT2D eigenvalue weighted by Crippen LogP contribution is -2.24. The topological polar surface area (TPSA) is 61.0 Å². The molecule has 0 bridgehead atoms. The van der Waals surface area contributed by atoms with Crippen LogP contribution in [-0.4, -0.2) is 49.0 Å². The van der Waals surface area contributed by atoms with Gasteiger partial charge in [-0.3, -0.25) is 4.90 Å². The van der Waals surface area contributed by atoms with E-state index >= 15 is 0 Å². The third-order valence-corrected chi connectivity index (χ3v) is 7.41. The van der Waals surface area contributed by atoms with Gasteiger partial charge >= 0.3 is 0 Å². The van der Waals surface area contributed by atoms with Crippen molar-refractivity contribution >= 4 is 11.8 Å². The summed E-state index contributed by atoms with van der Waals surface area (Å²) in [7, 11) is 2.13. The normalized spacial score (nSPS) is 15.8. The number of nitrogens with zero attached hydrogens (tertiary/aromatic N) is 6. The van der Waals surface area contributed by atoms with Crippen LogP contribution in [0.25, 0.3) is 5.82 Å². The van der Waals surface area contributed by atoms with Crippen molar-refractivity contribution < 1.29 is 4.74 Å². The second kappa shape index (κ2) is 11.2. The number of aryl methyl sites for hydroxylation is 1. The molecule has 0 amide bonds. The summed E-state index contributed by atoms with van der Waals surface area (Å²) in [6.45, 7) is 5.29. The summed E-state index contributed by atoms with van der Waals surface area (Å²) in [6, 6.07) is 18.7. The Morgan fingerprint density at radius 3 is 2.74 bits per heavy atom. The standard InChI is InChI=1S/C27H32N6OS/c1-21-9-3-4-10-22(21)20-35-27-30-29-26(33(27)18-24-12-8-16-34-24)19-31(2)17-23-11-7-15-32(23)25-13-5-6-14-28-25/h3-7,9-11,13-15,24H,8,12,16-20H2,1-2H3. The Morgan fingerprint density at radius 1 is 1.06 bits per heavy atom. The van der Waals surface area contributed by atoms with Crippen LogP contribution < -0.4 is 0 Å². The van der Waals surface area contributed by atoms with Crippen LogP contribution in [0, 0.1) is 6.92 Å². The van der Waals surface area contributed by atoms with Crippen molar-refractivity contribution in [2.75, 3.05) is 13.7 Å². The average molecular weight is 489 g/mol. The summed E-state index contributed by atoms with van der Waals surface area (Å²) in [5.41, 5.74) is 3.82. The van der Waals surface area contributed by atoms with Crippen LogP contribution in [0.4, 0.5) is 0 Å². The molecule has 1 saturated heterocycles. The molecular weight excluding hydrogens is 456 g/mol. The van der Waals surface area contributed by atoms with Crippen LogP contribution in [0.15, 0.2) is 72.1 Å². The van der Waals surface area contributed by atoms with Crippen molar-refractivity contribution in [2.45, 2.75) is 56.4 Å². The predicted molar refractivity (Wildman–Crippen MR) is 138 cm³/mol. The Bertz CT molecular complexity index is 1230. The van der Waals surface area contributed by atoms with E-state index in [1.165, 1.54) is 16.8 Å². The maximum Gasteiger partial charge on any atom is 0.191 e. The molecule has 1 aromatic carbocycles. The minimum atomic E-state index is 0.231. The monoisotopic (exact) mass is 488 g/mol. The lowest BCUT2D eigenvalue weighted by Gasteiger charge is -2.20. The minimum Gasteiger partial charge on any atom is -0.376 e. The number of pyridine rings is 1. The molecule has 5 rings (SSSR count). The molecule has 35 heavy (non-hydrogen) atoms. The molecule has 0 spiro atoms. The molecule has 1 atom stereocenters. The largest absolute Gasteiger partial charge is 0.376 e. The van der Waals surface area contributed by atoms with E-state index in [0.29, 0.717) is 6.54 Å². The van der Waals surface area contributed by atoms with Gasteiger partial charge in [0.15, 0.2) is 5.16 Å². The van der Waals surface area contributed by atoms with Crippen molar-refractivity contribution in [3.05, 3.63) is 89.6 Å². The quantitative estimate of drug-likeness (QED) is 0.297. The van der Waals surface area contributed by atoms with Crippen molar-refractivity contribution in [3.8, 4) is 5.82 Å². The first-order chi connectivity index (χ1) is 17.2. The van der Waals surface area contributed by atoms with Crippen molar-refractivity contribution in [1.82, 2.24) is 29.2 Å². The van der Waals surface area contributed by atoms with E-state index in [0.717, 1.165) is 55.1 Å². The average Bonchev–Trinajstić information content (AvgIpc) is 3.63. The van der Waals surface area contributed by atoms with Crippen LogP contribution in [0.2, 0.25) is 0 Å². The van der Waals surface area contributed by atoms with Crippen molar-refractivity contribution in [2.24, 2.45) is 0 Å².